The molecule has 0 unspecified atom stereocenters. The predicted molar refractivity (Wildman–Crippen MR) is 37.7 cm³/mol. The van der Waals surface area contributed by atoms with Gasteiger partial charge in [0, 0.05) is 5.56 Å². The minimum Gasteiger partial charge on any atom is -0.392 e. The summed E-state index contributed by atoms with van der Waals surface area (Å²) >= 11 is 0. The second-order valence-electron chi connectivity index (χ2n) is 2.10. The first-order valence-electron chi connectivity index (χ1n) is 3.13. The van der Waals surface area contributed by atoms with Crippen LogP contribution in [0.25, 0.3) is 0 Å². The lowest BCUT2D eigenvalue weighted by atomic mass is 10.1. The van der Waals surface area contributed by atoms with E-state index in [4.69, 9.17) is 5.11 Å². The van der Waals surface area contributed by atoms with E-state index in [0.29, 0.717) is 6.29 Å². The number of carbonyl (C=O) groups is 1. The molecule has 0 amide bonds. The van der Waals surface area contributed by atoms with E-state index in [1.807, 2.05) is 0 Å². The molecule has 0 aliphatic rings. The summed E-state index contributed by atoms with van der Waals surface area (Å²) in [5.74, 6) is -0.634. The van der Waals surface area contributed by atoms with Crippen LogP contribution in [0.15, 0.2) is 18.2 Å². The van der Waals surface area contributed by atoms with Gasteiger partial charge in [0.15, 0.2) is 6.29 Å². The Morgan fingerprint density at radius 3 is 2.82 bits per heavy atom. The van der Waals surface area contributed by atoms with Crippen molar-refractivity contribution in [3.63, 3.8) is 0 Å². The standard InChI is InChI=1S/C8H7FO2/c9-8-6(4-10)2-1-3-7(8)5-11/h1-4,11H,5H2. The van der Waals surface area contributed by atoms with Crippen LogP contribution in [-0.2, 0) is 6.61 Å². The van der Waals surface area contributed by atoms with Gasteiger partial charge in [-0.1, -0.05) is 12.1 Å². The van der Waals surface area contributed by atoms with Gasteiger partial charge in [-0.25, -0.2) is 4.39 Å². The smallest absolute Gasteiger partial charge is 0.153 e. The molecule has 1 aromatic carbocycles. The Morgan fingerprint density at radius 2 is 2.27 bits per heavy atom. The fourth-order valence-electron chi connectivity index (χ4n) is 0.813. The molecule has 0 saturated heterocycles. The molecule has 0 bridgehead atoms. The lowest BCUT2D eigenvalue weighted by Gasteiger charge is -1.99. The summed E-state index contributed by atoms with van der Waals surface area (Å²) in [6.07, 6.45) is 0.425. The third-order valence-corrected chi connectivity index (χ3v) is 1.41. The predicted octanol–water partition coefficient (Wildman–Crippen LogP) is 1.13. The van der Waals surface area contributed by atoms with Crippen LogP contribution >= 0.6 is 0 Å². The van der Waals surface area contributed by atoms with Crippen LogP contribution in [0.5, 0.6) is 0 Å². The van der Waals surface area contributed by atoms with E-state index in [2.05, 4.69) is 0 Å². The molecule has 0 atom stereocenters. The number of halogens is 1. The molecule has 0 saturated carbocycles. The van der Waals surface area contributed by atoms with Gasteiger partial charge in [-0.3, -0.25) is 4.79 Å². The van der Waals surface area contributed by atoms with Gasteiger partial charge < -0.3 is 5.11 Å². The highest BCUT2D eigenvalue weighted by atomic mass is 19.1. The monoisotopic (exact) mass is 154 g/mol. The number of hydrogen-bond donors (Lipinski definition) is 1. The Labute approximate surface area is 63.3 Å². The van der Waals surface area contributed by atoms with Gasteiger partial charge in [-0.2, -0.15) is 0 Å². The van der Waals surface area contributed by atoms with Crippen molar-refractivity contribution in [3.8, 4) is 0 Å². The Bertz CT molecular complexity index is 271. The van der Waals surface area contributed by atoms with Gasteiger partial charge in [0.05, 0.1) is 12.2 Å². The number of hydrogen-bond acceptors (Lipinski definition) is 2. The van der Waals surface area contributed by atoms with Gasteiger partial charge in [0.25, 0.3) is 0 Å². The van der Waals surface area contributed by atoms with E-state index in [1.54, 1.807) is 0 Å². The second kappa shape index (κ2) is 3.25. The second-order valence-corrected chi connectivity index (χ2v) is 2.10. The molecular formula is C8H7FO2. The van der Waals surface area contributed by atoms with Gasteiger partial charge >= 0.3 is 0 Å². The largest absolute Gasteiger partial charge is 0.392 e. The topological polar surface area (TPSA) is 37.3 Å². The van der Waals surface area contributed by atoms with Crippen molar-refractivity contribution >= 4 is 6.29 Å². The van der Waals surface area contributed by atoms with Crippen molar-refractivity contribution < 1.29 is 14.3 Å². The first-order valence-corrected chi connectivity index (χ1v) is 3.13. The number of aliphatic hydroxyl groups excluding tert-OH is 1. The average Bonchev–Trinajstić information content (AvgIpc) is 2.05. The van der Waals surface area contributed by atoms with Crippen LogP contribution < -0.4 is 0 Å². The van der Waals surface area contributed by atoms with Crippen LogP contribution in [0.4, 0.5) is 4.39 Å². The molecule has 2 nitrogen and oxygen atoms in total. The first kappa shape index (κ1) is 7.88. The molecule has 0 radical (unpaired) electrons. The molecule has 0 fully saturated rings. The van der Waals surface area contributed by atoms with Crippen molar-refractivity contribution in [3.05, 3.63) is 35.1 Å². The quantitative estimate of drug-likeness (QED) is 0.648. The molecule has 1 N–H and O–H groups in total. The minimum atomic E-state index is -0.634. The normalized spacial score (nSPS) is 9.64. The van der Waals surface area contributed by atoms with Crippen molar-refractivity contribution in [2.75, 3.05) is 0 Å². The van der Waals surface area contributed by atoms with Crippen molar-refractivity contribution in [2.24, 2.45) is 0 Å². The maximum Gasteiger partial charge on any atom is 0.153 e. The summed E-state index contributed by atoms with van der Waals surface area (Å²) in [4.78, 5) is 10.2. The van der Waals surface area contributed by atoms with Crippen molar-refractivity contribution in [2.45, 2.75) is 6.61 Å². The Hall–Kier alpha value is -1.22. The number of carbonyl (C=O) groups excluding carboxylic acids is 1. The van der Waals surface area contributed by atoms with Gasteiger partial charge in [-0.05, 0) is 6.07 Å². The summed E-state index contributed by atoms with van der Waals surface area (Å²) < 4.78 is 12.9. The third kappa shape index (κ3) is 1.43. The van der Waals surface area contributed by atoms with Crippen LogP contribution in [0, 0.1) is 5.82 Å². The van der Waals surface area contributed by atoms with Crippen LogP contribution in [0.2, 0.25) is 0 Å². The summed E-state index contributed by atoms with van der Waals surface area (Å²) in [7, 11) is 0. The molecule has 11 heavy (non-hydrogen) atoms. The molecule has 0 aliphatic heterocycles. The first-order chi connectivity index (χ1) is 5.29. The fraction of sp³-hybridized carbons (Fsp3) is 0.125. The lowest BCUT2D eigenvalue weighted by Crippen LogP contribution is -1.94. The number of aldehydes is 1. The van der Waals surface area contributed by atoms with E-state index < -0.39 is 5.82 Å². The van der Waals surface area contributed by atoms with E-state index in [-0.39, 0.29) is 17.7 Å². The Kier molecular flexibility index (Phi) is 2.33. The Balaban J connectivity index is 3.20. The van der Waals surface area contributed by atoms with Gasteiger partial charge in [-0.15, -0.1) is 0 Å². The SMILES string of the molecule is O=Cc1cccc(CO)c1F. The van der Waals surface area contributed by atoms with E-state index in [1.165, 1.54) is 18.2 Å². The van der Waals surface area contributed by atoms with Crippen LogP contribution in [0.1, 0.15) is 15.9 Å². The number of benzene rings is 1. The lowest BCUT2D eigenvalue weighted by molar-refractivity contribution is 0.111. The summed E-state index contributed by atoms with van der Waals surface area (Å²) in [5, 5.41) is 8.58. The molecule has 1 rings (SSSR count). The van der Waals surface area contributed by atoms with Crippen molar-refractivity contribution in [1.82, 2.24) is 0 Å². The summed E-state index contributed by atoms with van der Waals surface area (Å²) in [6.45, 7) is -0.381. The van der Waals surface area contributed by atoms with Gasteiger partial charge in [0.2, 0.25) is 0 Å². The van der Waals surface area contributed by atoms with Crippen molar-refractivity contribution in [1.29, 1.82) is 0 Å². The number of rotatable bonds is 2. The third-order valence-electron chi connectivity index (χ3n) is 1.41. The average molecular weight is 154 g/mol. The molecule has 1 aromatic rings. The zero-order valence-electron chi connectivity index (χ0n) is 5.75. The highest BCUT2D eigenvalue weighted by Gasteiger charge is 2.04. The molecular weight excluding hydrogens is 147 g/mol. The van der Waals surface area contributed by atoms with E-state index >= 15 is 0 Å². The summed E-state index contributed by atoms with van der Waals surface area (Å²) in [5.41, 5.74) is 0.131. The fourth-order valence-corrected chi connectivity index (χ4v) is 0.813. The molecule has 3 heteroatoms. The highest BCUT2D eigenvalue weighted by molar-refractivity contribution is 5.75. The Morgan fingerprint density at radius 1 is 1.55 bits per heavy atom. The van der Waals surface area contributed by atoms with Gasteiger partial charge in [0.1, 0.15) is 5.82 Å². The molecule has 0 aromatic heterocycles. The van der Waals surface area contributed by atoms with E-state index in [0.717, 1.165) is 0 Å². The maximum absolute atomic E-state index is 12.9. The van der Waals surface area contributed by atoms with E-state index in [9.17, 15) is 9.18 Å². The minimum absolute atomic E-state index is 0.0171. The number of aliphatic hydroxyl groups is 1. The summed E-state index contributed by atoms with van der Waals surface area (Å²) in [6, 6.07) is 4.32. The van der Waals surface area contributed by atoms with Crippen LogP contribution in [-0.4, -0.2) is 11.4 Å². The molecule has 58 valence electrons. The van der Waals surface area contributed by atoms with Crippen LogP contribution in [0.3, 0.4) is 0 Å². The molecule has 0 heterocycles. The zero-order chi connectivity index (χ0) is 8.27. The maximum atomic E-state index is 12.9. The molecule has 0 aliphatic carbocycles. The highest BCUT2D eigenvalue weighted by Crippen LogP contribution is 2.10. The molecule has 0 spiro atoms. The zero-order valence-corrected chi connectivity index (χ0v) is 5.75.